The van der Waals surface area contributed by atoms with E-state index < -0.39 is 0 Å². The van der Waals surface area contributed by atoms with Gasteiger partial charge in [-0.2, -0.15) is 0 Å². The van der Waals surface area contributed by atoms with Crippen LogP contribution in [0.2, 0.25) is 0 Å². The lowest BCUT2D eigenvalue weighted by atomic mass is 9.68. The van der Waals surface area contributed by atoms with Gasteiger partial charge in [-0.15, -0.1) is 0 Å². The normalized spacial score (nSPS) is 30.3. The second kappa shape index (κ2) is 4.58. The van der Waals surface area contributed by atoms with Crippen LogP contribution in [-0.4, -0.2) is 0 Å². The number of benzene rings is 1. The molecule has 2 N–H and O–H groups in total. The standard InChI is InChI=1S/C15H23N/c1-3-13-6-4-5-11-15(13,16)14-9-7-12(2)8-10-14/h7-10,13H,3-6,11,16H2,1-2H3. The lowest BCUT2D eigenvalue weighted by Crippen LogP contribution is -2.46. The molecule has 16 heavy (non-hydrogen) atoms. The third kappa shape index (κ3) is 2.01. The topological polar surface area (TPSA) is 26.0 Å². The van der Waals surface area contributed by atoms with Crippen LogP contribution in [0.3, 0.4) is 0 Å². The first-order chi connectivity index (χ1) is 7.66. The average molecular weight is 217 g/mol. The van der Waals surface area contributed by atoms with Gasteiger partial charge in [0, 0.05) is 5.54 Å². The molecule has 0 saturated heterocycles. The third-order valence-electron chi connectivity index (χ3n) is 4.20. The molecule has 1 nitrogen and oxygen atoms in total. The highest BCUT2D eigenvalue weighted by atomic mass is 14.8. The van der Waals surface area contributed by atoms with E-state index in [1.807, 2.05) is 0 Å². The maximum Gasteiger partial charge on any atom is 0.0438 e. The zero-order valence-electron chi connectivity index (χ0n) is 10.5. The van der Waals surface area contributed by atoms with Crippen molar-refractivity contribution in [3.05, 3.63) is 35.4 Å². The smallest absolute Gasteiger partial charge is 0.0438 e. The molecule has 1 heteroatoms. The summed E-state index contributed by atoms with van der Waals surface area (Å²) in [6, 6.07) is 8.82. The summed E-state index contributed by atoms with van der Waals surface area (Å²) in [7, 11) is 0. The average Bonchev–Trinajstić information content (AvgIpc) is 2.30. The highest BCUT2D eigenvalue weighted by molar-refractivity contribution is 5.29. The van der Waals surface area contributed by atoms with E-state index in [2.05, 4.69) is 38.1 Å². The summed E-state index contributed by atoms with van der Waals surface area (Å²) in [6.07, 6.45) is 6.27. The monoisotopic (exact) mass is 217 g/mol. The van der Waals surface area contributed by atoms with Gasteiger partial charge >= 0.3 is 0 Å². The molecule has 2 atom stereocenters. The Morgan fingerprint density at radius 2 is 1.94 bits per heavy atom. The van der Waals surface area contributed by atoms with Gasteiger partial charge in [-0.1, -0.05) is 56.0 Å². The first kappa shape index (κ1) is 11.7. The lowest BCUT2D eigenvalue weighted by Gasteiger charge is -2.41. The molecule has 1 aliphatic rings. The van der Waals surface area contributed by atoms with Gasteiger partial charge in [-0.25, -0.2) is 0 Å². The van der Waals surface area contributed by atoms with Crippen LogP contribution in [0.25, 0.3) is 0 Å². The van der Waals surface area contributed by atoms with Crippen LogP contribution in [-0.2, 0) is 5.54 Å². The maximum absolute atomic E-state index is 6.69. The van der Waals surface area contributed by atoms with E-state index >= 15 is 0 Å². The molecule has 0 amide bonds. The fourth-order valence-electron chi connectivity index (χ4n) is 3.08. The highest BCUT2D eigenvalue weighted by Gasteiger charge is 2.37. The summed E-state index contributed by atoms with van der Waals surface area (Å²) in [4.78, 5) is 0. The zero-order chi connectivity index (χ0) is 11.6. The van der Waals surface area contributed by atoms with Crippen molar-refractivity contribution in [1.29, 1.82) is 0 Å². The molecule has 0 aliphatic heterocycles. The predicted octanol–water partition coefficient (Wildman–Crippen LogP) is 3.75. The van der Waals surface area contributed by atoms with Gasteiger partial charge in [0.15, 0.2) is 0 Å². The van der Waals surface area contributed by atoms with E-state index in [0.29, 0.717) is 5.92 Å². The molecule has 0 radical (unpaired) electrons. The Balaban J connectivity index is 2.31. The molecule has 1 aromatic rings. The number of aryl methyl sites for hydroxylation is 1. The van der Waals surface area contributed by atoms with Crippen LogP contribution in [0, 0.1) is 12.8 Å². The van der Waals surface area contributed by atoms with Gasteiger partial charge in [-0.05, 0) is 31.2 Å². The van der Waals surface area contributed by atoms with Crippen molar-refractivity contribution in [2.75, 3.05) is 0 Å². The fourth-order valence-corrected chi connectivity index (χ4v) is 3.08. The van der Waals surface area contributed by atoms with Gasteiger partial charge in [-0.3, -0.25) is 0 Å². The molecular weight excluding hydrogens is 194 g/mol. The van der Waals surface area contributed by atoms with Gasteiger partial charge in [0.2, 0.25) is 0 Å². The molecule has 2 unspecified atom stereocenters. The molecule has 88 valence electrons. The van der Waals surface area contributed by atoms with Gasteiger partial charge < -0.3 is 5.73 Å². The molecular formula is C15H23N. The van der Waals surface area contributed by atoms with Gasteiger partial charge in [0.25, 0.3) is 0 Å². The summed E-state index contributed by atoms with van der Waals surface area (Å²) >= 11 is 0. The van der Waals surface area contributed by atoms with E-state index in [-0.39, 0.29) is 5.54 Å². The van der Waals surface area contributed by atoms with Crippen LogP contribution < -0.4 is 5.73 Å². The van der Waals surface area contributed by atoms with Crippen LogP contribution in [0.15, 0.2) is 24.3 Å². The number of hydrogen-bond acceptors (Lipinski definition) is 1. The summed E-state index contributed by atoms with van der Waals surface area (Å²) in [6.45, 7) is 4.40. The van der Waals surface area contributed by atoms with Crippen molar-refractivity contribution in [2.45, 2.75) is 51.5 Å². The second-order valence-electron chi connectivity index (χ2n) is 5.26. The minimum atomic E-state index is -0.0687. The summed E-state index contributed by atoms with van der Waals surface area (Å²) in [5.74, 6) is 0.656. The minimum Gasteiger partial charge on any atom is -0.321 e. The van der Waals surface area contributed by atoms with E-state index in [1.165, 1.54) is 36.8 Å². The third-order valence-corrected chi connectivity index (χ3v) is 4.20. The molecule has 1 aliphatic carbocycles. The molecule has 0 bridgehead atoms. The van der Waals surface area contributed by atoms with E-state index in [0.717, 1.165) is 6.42 Å². The number of hydrogen-bond donors (Lipinski definition) is 1. The Bertz CT molecular complexity index is 341. The minimum absolute atomic E-state index is 0.0687. The molecule has 1 saturated carbocycles. The first-order valence-corrected chi connectivity index (χ1v) is 6.53. The van der Waals surface area contributed by atoms with E-state index in [1.54, 1.807) is 0 Å². The van der Waals surface area contributed by atoms with E-state index in [9.17, 15) is 0 Å². The van der Waals surface area contributed by atoms with Crippen molar-refractivity contribution in [3.63, 3.8) is 0 Å². The van der Waals surface area contributed by atoms with E-state index in [4.69, 9.17) is 5.73 Å². The summed E-state index contributed by atoms with van der Waals surface area (Å²) in [5, 5.41) is 0. The number of rotatable bonds is 2. The Morgan fingerprint density at radius 1 is 1.25 bits per heavy atom. The Labute approximate surface area is 99.0 Å². The molecule has 1 aromatic carbocycles. The zero-order valence-corrected chi connectivity index (χ0v) is 10.5. The highest BCUT2D eigenvalue weighted by Crippen LogP contribution is 2.41. The van der Waals surface area contributed by atoms with Crippen molar-refractivity contribution < 1.29 is 0 Å². The lowest BCUT2D eigenvalue weighted by molar-refractivity contribution is 0.184. The molecule has 0 heterocycles. The molecule has 0 spiro atoms. The van der Waals surface area contributed by atoms with Crippen molar-refractivity contribution in [1.82, 2.24) is 0 Å². The van der Waals surface area contributed by atoms with Crippen molar-refractivity contribution in [2.24, 2.45) is 11.7 Å². The number of nitrogens with two attached hydrogens (primary N) is 1. The van der Waals surface area contributed by atoms with Gasteiger partial charge in [0.1, 0.15) is 0 Å². The first-order valence-electron chi connectivity index (χ1n) is 6.53. The molecule has 0 aromatic heterocycles. The largest absolute Gasteiger partial charge is 0.321 e. The van der Waals surface area contributed by atoms with Crippen LogP contribution in [0.5, 0.6) is 0 Å². The Morgan fingerprint density at radius 3 is 2.56 bits per heavy atom. The second-order valence-corrected chi connectivity index (χ2v) is 5.26. The summed E-state index contributed by atoms with van der Waals surface area (Å²) in [5.41, 5.74) is 9.27. The Hall–Kier alpha value is -0.820. The molecule has 1 fully saturated rings. The fraction of sp³-hybridized carbons (Fsp3) is 0.600. The van der Waals surface area contributed by atoms with Crippen LogP contribution >= 0.6 is 0 Å². The molecule has 2 rings (SSSR count). The van der Waals surface area contributed by atoms with Crippen LogP contribution in [0.1, 0.15) is 50.2 Å². The SMILES string of the molecule is CCC1CCCCC1(N)c1ccc(C)cc1. The van der Waals surface area contributed by atoms with Crippen molar-refractivity contribution >= 4 is 0 Å². The van der Waals surface area contributed by atoms with Crippen LogP contribution in [0.4, 0.5) is 0 Å². The quantitative estimate of drug-likeness (QED) is 0.802. The van der Waals surface area contributed by atoms with Crippen molar-refractivity contribution in [3.8, 4) is 0 Å². The van der Waals surface area contributed by atoms with Gasteiger partial charge in [0.05, 0.1) is 0 Å². The summed E-state index contributed by atoms with van der Waals surface area (Å²) < 4.78 is 0. The maximum atomic E-state index is 6.69. The Kier molecular flexibility index (Phi) is 3.34. The predicted molar refractivity (Wildman–Crippen MR) is 69.3 cm³/mol.